The number of alkyl carbamates (subject to hydrolysis) is 1. The van der Waals surface area contributed by atoms with Gasteiger partial charge >= 0.3 is 6.09 Å². The van der Waals surface area contributed by atoms with Crippen LogP contribution in [0.5, 0.6) is 0 Å². The standard InChI is InChI=1S/C29H36N4O5/c1-2-26(34)30-16-10-9-15-25(31-29(37)38-22-24-13-7-4-8-14-24)28(36)33-19-17-32(18-20-33)27(35)21-23-11-5-3-6-12-23/h2-8,11-14,25H,1,9-10,15-22H2,(H,30,34)(H,31,37). The molecule has 1 fully saturated rings. The minimum atomic E-state index is -0.764. The van der Waals surface area contributed by atoms with Crippen molar-refractivity contribution in [3.63, 3.8) is 0 Å². The van der Waals surface area contributed by atoms with Crippen molar-refractivity contribution >= 4 is 23.8 Å². The van der Waals surface area contributed by atoms with Gasteiger partial charge in [0.1, 0.15) is 12.6 Å². The Kier molecular flexibility index (Phi) is 11.4. The van der Waals surface area contributed by atoms with Crippen LogP contribution in [0.1, 0.15) is 30.4 Å². The van der Waals surface area contributed by atoms with Crippen LogP contribution in [0.15, 0.2) is 73.3 Å². The van der Waals surface area contributed by atoms with E-state index in [0.29, 0.717) is 58.4 Å². The van der Waals surface area contributed by atoms with Crippen LogP contribution in [-0.2, 0) is 32.1 Å². The van der Waals surface area contributed by atoms with Crippen molar-refractivity contribution in [2.45, 2.75) is 38.3 Å². The Hall–Kier alpha value is -4.14. The van der Waals surface area contributed by atoms with E-state index in [1.807, 2.05) is 60.7 Å². The van der Waals surface area contributed by atoms with Crippen LogP contribution >= 0.6 is 0 Å². The summed E-state index contributed by atoms with van der Waals surface area (Å²) in [7, 11) is 0. The Morgan fingerprint density at radius 1 is 0.868 bits per heavy atom. The lowest BCUT2D eigenvalue weighted by Crippen LogP contribution is -2.56. The molecule has 0 aromatic heterocycles. The molecule has 2 N–H and O–H groups in total. The highest BCUT2D eigenvalue weighted by Gasteiger charge is 2.30. The van der Waals surface area contributed by atoms with E-state index in [0.717, 1.165) is 11.1 Å². The van der Waals surface area contributed by atoms with E-state index in [2.05, 4.69) is 17.2 Å². The molecule has 3 rings (SSSR count). The van der Waals surface area contributed by atoms with Crippen molar-refractivity contribution in [1.29, 1.82) is 0 Å². The quantitative estimate of drug-likeness (QED) is 0.331. The number of piperazine rings is 1. The summed E-state index contributed by atoms with van der Waals surface area (Å²) in [5, 5.41) is 5.43. The van der Waals surface area contributed by atoms with E-state index >= 15 is 0 Å². The van der Waals surface area contributed by atoms with Gasteiger partial charge in [0.2, 0.25) is 17.7 Å². The van der Waals surface area contributed by atoms with E-state index in [9.17, 15) is 19.2 Å². The number of hydrogen-bond donors (Lipinski definition) is 2. The molecule has 0 aliphatic carbocycles. The number of nitrogens with zero attached hydrogens (tertiary/aromatic N) is 2. The van der Waals surface area contributed by atoms with Gasteiger partial charge in [-0.25, -0.2) is 4.79 Å². The number of carbonyl (C=O) groups is 4. The maximum atomic E-state index is 13.4. The third-order valence-electron chi connectivity index (χ3n) is 6.35. The average Bonchev–Trinajstić information content (AvgIpc) is 2.96. The Bertz CT molecular complexity index is 1070. The van der Waals surface area contributed by atoms with Crippen molar-refractivity contribution in [3.8, 4) is 0 Å². The number of rotatable bonds is 12. The predicted octanol–water partition coefficient (Wildman–Crippen LogP) is 2.67. The summed E-state index contributed by atoms with van der Waals surface area (Å²) in [5.74, 6) is -0.420. The third-order valence-corrected chi connectivity index (χ3v) is 6.35. The van der Waals surface area contributed by atoms with Crippen molar-refractivity contribution in [2.24, 2.45) is 0 Å². The molecule has 1 saturated heterocycles. The van der Waals surface area contributed by atoms with Crippen LogP contribution in [0.4, 0.5) is 4.79 Å². The molecular weight excluding hydrogens is 484 g/mol. The van der Waals surface area contributed by atoms with Crippen LogP contribution in [0.2, 0.25) is 0 Å². The number of benzene rings is 2. The molecule has 1 atom stereocenters. The Labute approximate surface area is 223 Å². The molecular formula is C29H36N4O5. The number of ether oxygens (including phenoxy) is 1. The molecule has 0 bridgehead atoms. The number of amides is 4. The zero-order valence-electron chi connectivity index (χ0n) is 21.6. The van der Waals surface area contributed by atoms with Gasteiger partial charge in [0.15, 0.2) is 0 Å². The van der Waals surface area contributed by atoms with E-state index in [-0.39, 0.29) is 24.3 Å². The summed E-state index contributed by atoms with van der Waals surface area (Å²) < 4.78 is 5.33. The largest absolute Gasteiger partial charge is 0.445 e. The first-order chi connectivity index (χ1) is 18.5. The number of hydrogen-bond acceptors (Lipinski definition) is 5. The monoisotopic (exact) mass is 520 g/mol. The van der Waals surface area contributed by atoms with E-state index < -0.39 is 12.1 Å². The number of nitrogens with one attached hydrogen (secondary N) is 2. The minimum absolute atomic E-state index is 0.0315. The lowest BCUT2D eigenvalue weighted by Gasteiger charge is -2.36. The summed E-state index contributed by atoms with van der Waals surface area (Å²) in [5.41, 5.74) is 1.80. The van der Waals surface area contributed by atoms with Gasteiger partial charge in [0.05, 0.1) is 6.42 Å². The van der Waals surface area contributed by atoms with Crippen molar-refractivity contribution < 1.29 is 23.9 Å². The van der Waals surface area contributed by atoms with Gasteiger partial charge in [0, 0.05) is 32.7 Å². The highest BCUT2D eigenvalue weighted by atomic mass is 16.5. The second-order valence-corrected chi connectivity index (χ2v) is 9.12. The molecule has 2 aromatic rings. The van der Waals surface area contributed by atoms with Gasteiger partial charge in [-0.05, 0) is 36.5 Å². The second kappa shape index (κ2) is 15.2. The predicted molar refractivity (Wildman–Crippen MR) is 144 cm³/mol. The lowest BCUT2D eigenvalue weighted by atomic mass is 10.1. The van der Waals surface area contributed by atoms with Crippen LogP contribution in [-0.4, -0.2) is 72.4 Å². The summed E-state index contributed by atoms with van der Waals surface area (Å²) in [4.78, 5) is 53.4. The van der Waals surface area contributed by atoms with Crippen LogP contribution < -0.4 is 10.6 Å². The van der Waals surface area contributed by atoms with E-state index in [4.69, 9.17) is 4.74 Å². The molecule has 1 heterocycles. The zero-order valence-corrected chi connectivity index (χ0v) is 21.6. The molecule has 202 valence electrons. The Balaban J connectivity index is 1.52. The molecule has 9 heteroatoms. The van der Waals surface area contributed by atoms with Crippen molar-refractivity contribution in [3.05, 3.63) is 84.4 Å². The first kappa shape index (κ1) is 28.4. The van der Waals surface area contributed by atoms with Gasteiger partial charge in [-0.2, -0.15) is 0 Å². The van der Waals surface area contributed by atoms with Crippen LogP contribution in [0.3, 0.4) is 0 Å². The molecule has 0 radical (unpaired) electrons. The molecule has 1 unspecified atom stereocenters. The van der Waals surface area contributed by atoms with Gasteiger partial charge < -0.3 is 25.2 Å². The van der Waals surface area contributed by atoms with Gasteiger partial charge in [-0.1, -0.05) is 67.2 Å². The Morgan fingerprint density at radius 2 is 1.47 bits per heavy atom. The third kappa shape index (κ3) is 9.38. The Morgan fingerprint density at radius 3 is 2.11 bits per heavy atom. The zero-order chi connectivity index (χ0) is 27.2. The highest BCUT2D eigenvalue weighted by molar-refractivity contribution is 5.87. The fourth-order valence-corrected chi connectivity index (χ4v) is 4.20. The van der Waals surface area contributed by atoms with Gasteiger partial charge in [0.25, 0.3) is 0 Å². The maximum absolute atomic E-state index is 13.4. The lowest BCUT2D eigenvalue weighted by molar-refractivity contribution is -0.140. The first-order valence-corrected chi connectivity index (χ1v) is 12.9. The first-order valence-electron chi connectivity index (χ1n) is 12.9. The van der Waals surface area contributed by atoms with E-state index in [1.165, 1.54) is 6.08 Å². The van der Waals surface area contributed by atoms with E-state index in [1.54, 1.807) is 9.80 Å². The second-order valence-electron chi connectivity index (χ2n) is 9.12. The smallest absolute Gasteiger partial charge is 0.408 e. The fraction of sp³-hybridized carbons (Fsp3) is 0.379. The number of carbonyl (C=O) groups excluding carboxylic acids is 4. The summed E-state index contributed by atoms with van der Waals surface area (Å²) in [6.45, 7) is 5.65. The maximum Gasteiger partial charge on any atom is 0.408 e. The van der Waals surface area contributed by atoms with Crippen molar-refractivity contribution in [1.82, 2.24) is 20.4 Å². The van der Waals surface area contributed by atoms with Gasteiger partial charge in [-0.3, -0.25) is 14.4 Å². The SMILES string of the molecule is C=CC(=O)NCCCCC(NC(=O)OCc1ccccc1)C(=O)N1CCN(C(=O)Cc2ccccc2)CC1. The fourth-order valence-electron chi connectivity index (χ4n) is 4.20. The normalized spacial score (nSPS) is 13.8. The molecule has 2 aromatic carbocycles. The van der Waals surface area contributed by atoms with Crippen LogP contribution in [0.25, 0.3) is 0 Å². The molecule has 1 aliphatic rings. The minimum Gasteiger partial charge on any atom is -0.445 e. The summed E-state index contributed by atoms with van der Waals surface area (Å²) in [6.07, 6.45) is 2.53. The molecule has 1 aliphatic heterocycles. The topological polar surface area (TPSA) is 108 Å². The van der Waals surface area contributed by atoms with Gasteiger partial charge in [-0.15, -0.1) is 0 Å². The summed E-state index contributed by atoms with van der Waals surface area (Å²) in [6, 6.07) is 18.1. The summed E-state index contributed by atoms with van der Waals surface area (Å²) >= 11 is 0. The molecule has 38 heavy (non-hydrogen) atoms. The highest BCUT2D eigenvalue weighted by Crippen LogP contribution is 2.11. The van der Waals surface area contributed by atoms with Crippen LogP contribution in [0, 0.1) is 0 Å². The average molecular weight is 521 g/mol. The molecule has 0 spiro atoms. The molecule has 4 amide bonds. The van der Waals surface area contributed by atoms with Crippen molar-refractivity contribution in [2.75, 3.05) is 32.7 Å². The molecule has 0 saturated carbocycles. The number of unbranched alkanes of at least 4 members (excludes halogenated alkanes) is 1. The molecule has 9 nitrogen and oxygen atoms in total.